The van der Waals surface area contributed by atoms with Crippen LogP contribution in [0.15, 0.2) is 0 Å². The van der Waals surface area contributed by atoms with Crippen molar-refractivity contribution in [1.82, 2.24) is 14.5 Å². The van der Waals surface area contributed by atoms with Crippen molar-refractivity contribution < 1.29 is 9.53 Å². The highest BCUT2D eigenvalue weighted by Gasteiger charge is 2.35. The summed E-state index contributed by atoms with van der Waals surface area (Å²) in [5, 5.41) is 8.45. The number of ether oxygens (including phenoxy) is 1. The summed E-state index contributed by atoms with van der Waals surface area (Å²) in [5.41, 5.74) is 0.963. The van der Waals surface area contributed by atoms with E-state index in [2.05, 4.69) is 33.7 Å². The highest BCUT2D eigenvalue weighted by atomic mass is 32.1. The van der Waals surface area contributed by atoms with E-state index in [1.165, 1.54) is 18.6 Å². The predicted molar refractivity (Wildman–Crippen MR) is 74.0 cm³/mol. The molecule has 1 aromatic rings. The van der Waals surface area contributed by atoms with Gasteiger partial charge in [0.2, 0.25) is 0 Å². The molecule has 7 heteroatoms. The van der Waals surface area contributed by atoms with Crippen molar-refractivity contribution in [2.24, 2.45) is 11.8 Å². The van der Waals surface area contributed by atoms with Crippen LogP contribution < -0.4 is 5.32 Å². The van der Waals surface area contributed by atoms with Crippen LogP contribution in [0.25, 0.3) is 0 Å². The van der Waals surface area contributed by atoms with Crippen molar-refractivity contribution in [3.05, 3.63) is 5.69 Å². The van der Waals surface area contributed by atoms with Gasteiger partial charge >= 0.3 is 5.97 Å². The SMILES string of the molecule is CCNc1snnc1CN1CC(C)C(C(=O)OC)C1. The smallest absolute Gasteiger partial charge is 0.310 e. The van der Waals surface area contributed by atoms with E-state index in [9.17, 15) is 4.79 Å². The number of carbonyl (C=O) groups excluding carboxylic acids is 1. The highest BCUT2D eigenvalue weighted by molar-refractivity contribution is 7.10. The van der Waals surface area contributed by atoms with Crippen LogP contribution in [0.2, 0.25) is 0 Å². The maximum atomic E-state index is 11.7. The van der Waals surface area contributed by atoms with Gasteiger partial charge in [0.05, 0.1) is 13.0 Å². The molecule has 106 valence electrons. The van der Waals surface area contributed by atoms with Crippen LogP contribution in [0, 0.1) is 11.8 Å². The Morgan fingerprint density at radius 3 is 3.05 bits per heavy atom. The maximum absolute atomic E-state index is 11.7. The van der Waals surface area contributed by atoms with E-state index in [0.29, 0.717) is 5.92 Å². The number of hydrogen-bond donors (Lipinski definition) is 1. The number of likely N-dealkylation sites (tertiary alicyclic amines) is 1. The van der Waals surface area contributed by atoms with E-state index >= 15 is 0 Å². The summed E-state index contributed by atoms with van der Waals surface area (Å²) in [6, 6.07) is 0. The number of nitrogens with zero attached hydrogens (tertiary/aromatic N) is 3. The van der Waals surface area contributed by atoms with E-state index < -0.39 is 0 Å². The van der Waals surface area contributed by atoms with Gasteiger partial charge in [0, 0.05) is 37.7 Å². The van der Waals surface area contributed by atoms with E-state index in [4.69, 9.17) is 4.74 Å². The molecule has 1 fully saturated rings. The van der Waals surface area contributed by atoms with Crippen molar-refractivity contribution in [2.45, 2.75) is 20.4 Å². The molecule has 0 spiro atoms. The molecule has 2 unspecified atom stereocenters. The van der Waals surface area contributed by atoms with Gasteiger partial charge in [-0.2, -0.15) is 0 Å². The van der Waals surface area contributed by atoms with Gasteiger partial charge in [-0.05, 0) is 12.8 Å². The lowest BCUT2D eigenvalue weighted by Gasteiger charge is -2.14. The Bertz CT molecular complexity index is 437. The summed E-state index contributed by atoms with van der Waals surface area (Å²) in [6.07, 6.45) is 0. The molecule has 0 aromatic carbocycles. The number of rotatable bonds is 5. The molecule has 2 rings (SSSR count). The molecular formula is C12H20N4O2S. The lowest BCUT2D eigenvalue weighted by molar-refractivity contribution is -0.146. The first-order chi connectivity index (χ1) is 9.15. The molecule has 6 nitrogen and oxygen atoms in total. The fraction of sp³-hybridized carbons (Fsp3) is 0.750. The Morgan fingerprint density at radius 2 is 2.37 bits per heavy atom. The van der Waals surface area contributed by atoms with Gasteiger partial charge in [-0.1, -0.05) is 11.4 Å². The largest absolute Gasteiger partial charge is 0.469 e. The topological polar surface area (TPSA) is 67.4 Å². The van der Waals surface area contributed by atoms with E-state index in [-0.39, 0.29) is 11.9 Å². The lowest BCUT2D eigenvalue weighted by atomic mass is 9.99. The van der Waals surface area contributed by atoms with Gasteiger partial charge in [0.1, 0.15) is 10.7 Å². The first-order valence-corrected chi connectivity index (χ1v) is 7.28. The molecule has 1 aromatic heterocycles. The summed E-state index contributed by atoms with van der Waals surface area (Å²) < 4.78 is 8.83. The van der Waals surface area contributed by atoms with Crippen LogP contribution in [0.5, 0.6) is 0 Å². The predicted octanol–water partition coefficient (Wildman–Crippen LogP) is 1.21. The van der Waals surface area contributed by atoms with Gasteiger partial charge < -0.3 is 10.1 Å². The molecule has 0 saturated carbocycles. The molecule has 0 amide bonds. The summed E-state index contributed by atoms with van der Waals surface area (Å²) in [4.78, 5) is 13.9. The third kappa shape index (κ3) is 3.22. The van der Waals surface area contributed by atoms with Gasteiger partial charge in [-0.25, -0.2) is 0 Å². The Hall–Kier alpha value is -1.21. The monoisotopic (exact) mass is 284 g/mol. The zero-order chi connectivity index (χ0) is 13.8. The van der Waals surface area contributed by atoms with Crippen molar-refractivity contribution in [3.8, 4) is 0 Å². The van der Waals surface area contributed by atoms with E-state index in [1.807, 2.05) is 0 Å². The molecule has 1 aliphatic rings. The van der Waals surface area contributed by atoms with Gasteiger partial charge in [0.15, 0.2) is 0 Å². The zero-order valence-electron chi connectivity index (χ0n) is 11.5. The van der Waals surface area contributed by atoms with Crippen LogP contribution in [0.4, 0.5) is 5.00 Å². The number of anilines is 1. The van der Waals surface area contributed by atoms with Crippen LogP contribution >= 0.6 is 11.5 Å². The number of nitrogens with one attached hydrogen (secondary N) is 1. The molecular weight excluding hydrogens is 264 g/mol. The zero-order valence-corrected chi connectivity index (χ0v) is 12.4. The minimum atomic E-state index is -0.113. The van der Waals surface area contributed by atoms with Crippen molar-refractivity contribution >= 4 is 22.5 Å². The average molecular weight is 284 g/mol. The summed E-state index contributed by atoms with van der Waals surface area (Å²) in [5.74, 6) is 0.180. The molecule has 0 radical (unpaired) electrons. The van der Waals surface area contributed by atoms with Crippen LogP contribution in [-0.2, 0) is 16.1 Å². The number of aromatic nitrogens is 2. The Labute approximate surface area is 117 Å². The number of esters is 1. The fourth-order valence-corrected chi connectivity index (χ4v) is 3.11. The fourth-order valence-electron chi connectivity index (χ4n) is 2.47. The van der Waals surface area contributed by atoms with E-state index in [1.54, 1.807) is 0 Å². The van der Waals surface area contributed by atoms with Crippen molar-refractivity contribution in [2.75, 3.05) is 32.1 Å². The Morgan fingerprint density at radius 1 is 1.58 bits per heavy atom. The lowest BCUT2D eigenvalue weighted by Crippen LogP contribution is -2.24. The first kappa shape index (κ1) is 14.2. The molecule has 2 heterocycles. The maximum Gasteiger partial charge on any atom is 0.310 e. The normalized spacial score (nSPS) is 23.5. The number of methoxy groups -OCH3 is 1. The number of hydrogen-bond acceptors (Lipinski definition) is 7. The van der Waals surface area contributed by atoms with Gasteiger partial charge in [-0.3, -0.25) is 9.69 Å². The quantitative estimate of drug-likeness (QED) is 0.820. The average Bonchev–Trinajstić information content (AvgIpc) is 2.97. The molecule has 1 saturated heterocycles. The number of carbonyl (C=O) groups is 1. The van der Waals surface area contributed by atoms with Gasteiger partial charge in [-0.15, -0.1) is 5.10 Å². The Balaban J connectivity index is 1.97. The second-order valence-electron chi connectivity index (χ2n) is 4.88. The van der Waals surface area contributed by atoms with Crippen LogP contribution in [0.3, 0.4) is 0 Å². The third-order valence-corrected chi connectivity index (χ3v) is 4.18. The van der Waals surface area contributed by atoms with Gasteiger partial charge in [0.25, 0.3) is 0 Å². The summed E-state index contributed by atoms with van der Waals surface area (Å²) in [7, 11) is 1.45. The second-order valence-corrected chi connectivity index (χ2v) is 5.63. The summed E-state index contributed by atoms with van der Waals surface area (Å²) >= 11 is 1.38. The molecule has 0 bridgehead atoms. The third-order valence-electron chi connectivity index (χ3n) is 3.46. The Kier molecular flexibility index (Phi) is 4.71. The highest BCUT2D eigenvalue weighted by Crippen LogP contribution is 2.27. The molecule has 19 heavy (non-hydrogen) atoms. The van der Waals surface area contributed by atoms with Crippen molar-refractivity contribution in [3.63, 3.8) is 0 Å². The molecule has 0 aliphatic carbocycles. The minimum Gasteiger partial charge on any atom is -0.469 e. The van der Waals surface area contributed by atoms with E-state index in [0.717, 1.165) is 36.9 Å². The molecule has 2 atom stereocenters. The first-order valence-electron chi connectivity index (χ1n) is 6.51. The standard InChI is InChI=1S/C12H20N4O2S/c1-4-13-11-10(14-15-19-11)7-16-5-8(2)9(6-16)12(17)18-3/h8-9,13H,4-7H2,1-3H3. The minimum absolute atomic E-state index is 0.0285. The molecule has 1 N–H and O–H groups in total. The van der Waals surface area contributed by atoms with Crippen LogP contribution in [-0.4, -0.2) is 47.2 Å². The summed E-state index contributed by atoms with van der Waals surface area (Å²) in [6.45, 7) is 7.36. The second kappa shape index (κ2) is 6.29. The van der Waals surface area contributed by atoms with Crippen molar-refractivity contribution in [1.29, 1.82) is 0 Å². The van der Waals surface area contributed by atoms with Crippen LogP contribution in [0.1, 0.15) is 19.5 Å². The molecule has 1 aliphatic heterocycles.